The first kappa shape index (κ1) is 15.5. The van der Waals surface area contributed by atoms with Crippen molar-refractivity contribution in [1.29, 1.82) is 10.7 Å². The van der Waals surface area contributed by atoms with Gasteiger partial charge in [0.05, 0.1) is 5.69 Å². The van der Waals surface area contributed by atoms with Crippen LogP contribution in [0.4, 0.5) is 5.69 Å². The van der Waals surface area contributed by atoms with Gasteiger partial charge in [-0.15, -0.1) is 0 Å². The van der Waals surface area contributed by atoms with E-state index in [9.17, 15) is 4.79 Å². The lowest BCUT2D eigenvalue weighted by Crippen LogP contribution is -2.35. The van der Waals surface area contributed by atoms with Gasteiger partial charge in [0.1, 0.15) is 6.07 Å². The molecule has 0 spiro atoms. The fourth-order valence-corrected chi connectivity index (χ4v) is 2.23. The quantitative estimate of drug-likeness (QED) is 0.444. The van der Waals surface area contributed by atoms with Crippen LogP contribution in [-0.4, -0.2) is 35.4 Å². The molecule has 1 aliphatic rings. The van der Waals surface area contributed by atoms with E-state index < -0.39 is 5.84 Å². The van der Waals surface area contributed by atoms with Gasteiger partial charge in [-0.05, 0) is 43.5 Å². The third kappa shape index (κ3) is 3.82. The number of piperidine rings is 1. The molecule has 0 radical (unpaired) electrons. The summed E-state index contributed by atoms with van der Waals surface area (Å²) >= 11 is 0. The Kier molecular flexibility index (Phi) is 5.09. The number of carbonyl (C=O) groups is 1. The average molecular weight is 298 g/mol. The third-order valence-corrected chi connectivity index (χ3v) is 3.43. The molecule has 0 atom stereocenters. The van der Waals surface area contributed by atoms with Gasteiger partial charge in [0.15, 0.2) is 5.84 Å². The summed E-state index contributed by atoms with van der Waals surface area (Å²) in [5, 5.41) is 19.6. The van der Waals surface area contributed by atoms with Crippen LogP contribution in [0.3, 0.4) is 0 Å². The molecular weight excluding hydrogens is 280 g/mol. The summed E-state index contributed by atoms with van der Waals surface area (Å²) in [6.07, 6.45) is 3.30. The van der Waals surface area contributed by atoms with Crippen LogP contribution in [0.2, 0.25) is 0 Å². The SMILES string of the molecule is N#C/C(=N\Nc1ccc(C(=O)N2CCCCC2)cc1)C(=N)N. The number of amidine groups is 1. The highest BCUT2D eigenvalue weighted by Crippen LogP contribution is 2.15. The maximum absolute atomic E-state index is 12.3. The number of benzene rings is 1. The number of anilines is 1. The largest absolute Gasteiger partial charge is 0.382 e. The van der Waals surface area contributed by atoms with E-state index in [1.54, 1.807) is 30.3 Å². The summed E-state index contributed by atoms with van der Waals surface area (Å²) in [7, 11) is 0. The van der Waals surface area contributed by atoms with Crippen molar-refractivity contribution in [2.45, 2.75) is 19.3 Å². The number of hydrogen-bond donors (Lipinski definition) is 3. The number of rotatable bonds is 4. The molecule has 1 saturated heterocycles. The molecule has 4 N–H and O–H groups in total. The molecule has 1 aromatic carbocycles. The van der Waals surface area contributed by atoms with Gasteiger partial charge < -0.3 is 10.6 Å². The highest BCUT2D eigenvalue weighted by Gasteiger charge is 2.17. The molecule has 22 heavy (non-hydrogen) atoms. The van der Waals surface area contributed by atoms with Crippen LogP contribution in [0, 0.1) is 16.7 Å². The van der Waals surface area contributed by atoms with E-state index in [-0.39, 0.29) is 11.6 Å². The zero-order chi connectivity index (χ0) is 15.9. The van der Waals surface area contributed by atoms with Crippen LogP contribution in [0.25, 0.3) is 0 Å². The van der Waals surface area contributed by atoms with E-state index >= 15 is 0 Å². The second-order valence-corrected chi connectivity index (χ2v) is 5.03. The molecule has 0 aliphatic carbocycles. The third-order valence-electron chi connectivity index (χ3n) is 3.43. The van der Waals surface area contributed by atoms with Crippen molar-refractivity contribution < 1.29 is 4.79 Å². The maximum atomic E-state index is 12.3. The molecule has 0 unspecified atom stereocenters. The second kappa shape index (κ2) is 7.22. The Hall–Kier alpha value is -2.88. The molecule has 1 aliphatic heterocycles. The Bertz CT molecular complexity index is 622. The topological polar surface area (TPSA) is 118 Å². The average Bonchev–Trinajstić information content (AvgIpc) is 2.56. The summed E-state index contributed by atoms with van der Waals surface area (Å²) in [4.78, 5) is 14.2. The van der Waals surface area contributed by atoms with E-state index in [1.807, 2.05) is 4.90 Å². The van der Waals surface area contributed by atoms with Crippen molar-refractivity contribution in [3.63, 3.8) is 0 Å². The molecule has 1 heterocycles. The number of nitrogens with one attached hydrogen (secondary N) is 2. The zero-order valence-electron chi connectivity index (χ0n) is 12.2. The number of carbonyl (C=O) groups excluding carboxylic acids is 1. The van der Waals surface area contributed by atoms with Crippen molar-refractivity contribution in [3.8, 4) is 6.07 Å². The fourth-order valence-electron chi connectivity index (χ4n) is 2.23. The molecule has 1 fully saturated rings. The van der Waals surface area contributed by atoms with Gasteiger partial charge in [-0.3, -0.25) is 15.6 Å². The Labute approximate surface area is 128 Å². The number of hydrogen-bond acceptors (Lipinski definition) is 5. The summed E-state index contributed by atoms with van der Waals surface area (Å²) in [6.45, 7) is 1.63. The van der Waals surface area contributed by atoms with Gasteiger partial charge in [-0.1, -0.05) is 0 Å². The molecule has 7 nitrogen and oxygen atoms in total. The highest BCUT2D eigenvalue weighted by atomic mass is 16.2. The van der Waals surface area contributed by atoms with Crippen LogP contribution >= 0.6 is 0 Å². The van der Waals surface area contributed by atoms with Crippen molar-refractivity contribution in [3.05, 3.63) is 29.8 Å². The van der Waals surface area contributed by atoms with E-state index in [1.165, 1.54) is 6.42 Å². The van der Waals surface area contributed by atoms with Crippen molar-refractivity contribution >= 4 is 23.1 Å². The van der Waals surface area contributed by atoms with Gasteiger partial charge in [0.2, 0.25) is 5.71 Å². The maximum Gasteiger partial charge on any atom is 0.253 e. The van der Waals surface area contributed by atoms with E-state index in [0.29, 0.717) is 11.3 Å². The molecule has 0 saturated carbocycles. The standard InChI is InChI=1S/C15H18N6O/c16-10-13(14(17)18)20-19-12-6-4-11(5-7-12)15(22)21-8-2-1-3-9-21/h4-7,19H,1-3,8-9H2,(H3,17,18)/b20-13+. The summed E-state index contributed by atoms with van der Waals surface area (Å²) < 4.78 is 0. The predicted octanol–water partition coefficient (Wildman–Crippen LogP) is 1.54. The van der Waals surface area contributed by atoms with E-state index in [2.05, 4.69) is 10.5 Å². The van der Waals surface area contributed by atoms with Crippen LogP contribution in [0.5, 0.6) is 0 Å². The number of amides is 1. The Morgan fingerprint density at radius 3 is 2.45 bits per heavy atom. The normalized spacial score (nSPS) is 15.0. The van der Waals surface area contributed by atoms with E-state index in [0.717, 1.165) is 25.9 Å². The molecule has 7 heteroatoms. The minimum atomic E-state index is -0.396. The Morgan fingerprint density at radius 2 is 1.91 bits per heavy atom. The monoisotopic (exact) mass is 298 g/mol. The number of hydrazone groups is 1. The summed E-state index contributed by atoms with van der Waals surface area (Å²) in [5.41, 5.74) is 8.90. The lowest BCUT2D eigenvalue weighted by Gasteiger charge is -2.26. The van der Waals surface area contributed by atoms with Crippen LogP contribution < -0.4 is 11.2 Å². The molecule has 0 aromatic heterocycles. The smallest absolute Gasteiger partial charge is 0.253 e. The molecule has 1 amide bonds. The molecule has 2 rings (SSSR count). The first-order valence-corrected chi connectivity index (χ1v) is 7.09. The lowest BCUT2D eigenvalue weighted by molar-refractivity contribution is 0.0724. The first-order chi connectivity index (χ1) is 10.6. The lowest BCUT2D eigenvalue weighted by atomic mass is 10.1. The number of nitrogens with zero attached hydrogens (tertiary/aromatic N) is 3. The first-order valence-electron chi connectivity index (χ1n) is 7.09. The summed E-state index contributed by atoms with van der Waals surface area (Å²) in [6, 6.07) is 8.56. The van der Waals surface area contributed by atoms with Crippen molar-refractivity contribution in [2.75, 3.05) is 18.5 Å². The molecule has 1 aromatic rings. The van der Waals surface area contributed by atoms with Crippen molar-refractivity contribution in [2.24, 2.45) is 10.8 Å². The van der Waals surface area contributed by atoms with Crippen molar-refractivity contribution in [1.82, 2.24) is 4.90 Å². The van der Waals surface area contributed by atoms with Gasteiger partial charge >= 0.3 is 0 Å². The van der Waals surface area contributed by atoms with Crippen LogP contribution in [0.1, 0.15) is 29.6 Å². The Balaban J connectivity index is 2.02. The van der Waals surface area contributed by atoms with Gasteiger partial charge in [0, 0.05) is 18.7 Å². The van der Waals surface area contributed by atoms with Gasteiger partial charge in [0.25, 0.3) is 5.91 Å². The predicted molar refractivity (Wildman–Crippen MR) is 84.8 cm³/mol. The van der Waals surface area contributed by atoms with Gasteiger partial charge in [-0.2, -0.15) is 10.4 Å². The van der Waals surface area contributed by atoms with Crippen LogP contribution in [0.15, 0.2) is 29.4 Å². The van der Waals surface area contributed by atoms with E-state index in [4.69, 9.17) is 16.4 Å². The molecular formula is C15H18N6O. The minimum absolute atomic E-state index is 0.0381. The fraction of sp³-hybridized carbons (Fsp3) is 0.333. The van der Waals surface area contributed by atoms with Crippen LogP contribution in [-0.2, 0) is 0 Å². The van der Waals surface area contributed by atoms with Gasteiger partial charge in [-0.25, -0.2) is 0 Å². The number of nitrogens with two attached hydrogens (primary N) is 1. The number of nitriles is 1. The second-order valence-electron chi connectivity index (χ2n) is 5.03. The zero-order valence-corrected chi connectivity index (χ0v) is 12.2. The summed E-state index contributed by atoms with van der Waals surface area (Å²) in [5.74, 6) is -0.358. The Morgan fingerprint density at radius 1 is 1.27 bits per heavy atom. The highest BCUT2D eigenvalue weighted by molar-refractivity contribution is 6.45. The minimum Gasteiger partial charge on any atom is -0.382 e. The molecule has 114 valence electrons. The number of likely N-dealkylation sites (tertiary alicyclic amines) is 1. The molecule has 0 bridgehead atoms.